The van der Waals surface area contributed by atoms with Gasteiger partial charge in [0, 0.05) is 30.0 Å². The maximum atomic E-state index is 10.5. The second-order valence-corrected chi connectivity index (χ2v) is 6.70. The van der Waals surface area contributed by atoms with E-state index in [-0.39, 0.29) is 5.92 Å². The van der Waals surface area contributed by atoms with Crippen LogP contribution in [0.4, 0.5) is 0 Å². The average Bonchev–Trinajstić information content (AvgIpc) is 3.01. The van der Waals surface area contributed by atoms with Crippen molar-refractivity contribution < 1.29 is 5.11 Å². The predicted octanol–water partition coefficient (Wildman–Crippen LogP) is 2.87. The minimum absolute atomic E-state index is 0.267. The molecule has 1 aromatic carbocycles. The van der Waals surface area contributed by atoms with Gasteiger partial charge >= 0.3 is 0 Å². The molecule has 1 saturated heterocycles. The van der Waals surface area contributed by atoms with Crippen LogP contribution in [0.25, 0.3) is 0 Å². The molecule has 0 saturated carbocycles. The summed E-state index contributed by atoms with van der Waals surface area (Å²) in [6.07, 6.45) is 5.06. The van der Waals surface area contributed by atoms with Gasteiger partial charge in [0.05, 0.1) is 6.54 Å². The second kappa shape index (κ2) is 7.85. The monoisotopic (exact) mass is 343 g/mol. The Hall–Kier alpha value is -1.80. The van der Waals surface area contributed by atoms with E-state index in [1.165, 1.54) is 0 Å². The molecule has 0 aliphatic carbocycles. The van der Waals surface area contributed by atoms with Crippen LogP contribution >= 0.6 is 11.6 Å². The Morgan fingerprint density at radius 2 is 2.17 bits per heavy atom. The number of benzene rings is 1. The number of hydrogen-bond donors (Lipinski definition) is 1. The van der Waals surface area contributed by atoms with Gasteiger partial charge in [-0.2, -0.15) is 0 Å². The molecule has 5 heteroatoms. The van der Waals surface area contributed by atoms with Gasteiger partial charge in [-0.25, -0.2) is 4.98 Å². The lowest BCUT2D eigenvalue weighted by atomic mass is 9.91. The Morgan fingerprint density at radius 3 is 2.83 bits per heavy atom. The molecular weight excluding hydrogens is 322 g/mol. The van der Waals surface area contributed by atoms with E-state index in [1.54, 1.807) is 6.20 Å². The van der Waals surface area contributed by atoms with Gasteiger partial charge in [-0.1, -0.05) is 29.5 Å². The topological polar surface area (TPSA) is 41.3 Å². The number of rotatable bonds is 3. The van der Waals surface area contributed by atoms with Crippen molar-refractivity contribution in [3.63, 3.8) is 0 Å². The summed E-state index contributed by atoms with van der Waals surface area (Å²) in [7, 11) is 1.92. The molecule has 1 N–H and O–H groups in total. The Morgan fingerprint density at radius 1 is 1.38 bits per heavy atom. The number of hydrogen-bond acceptors (Lipinski definition) is 3. The lowest BCUT2D eigenvalue weighted by Gasteiger charge is -2.32. The van der Waals surface area contributed by atoms with E-state index < -0.39 is 6.10 Å². The second-order valence-electron chi connectivity index (χ2n) is 6.27. The molecule has 4 nitrogen and oxygen atoms in total. The zero-order chi connectivity index (χ0) is 16.9. The zero-order valence-electron chi connectivity index (χ0n) is 13.8. The SMILES string of the molecule is Cn1ccnc1C(O)C1CCN(CC#Cc2cccc(Cl)c2)CC1. The molecule has 1 aliphatic heterocycles. The molecule has 1 unspecified atom stereocenters. The van der Waals surface area contributed by atoms with Crippen LogP contribution < -0.4 is 0 Å². The normalized spacial score (nSPS) is 17.3. The van der Waals surface area contributed by atoms with Crippen molar-refractivity contribution in [2.75, 3.05) is 19.6 Å². The van der Waals surface area contributed by atoms with Crippen LogP contribution in [0.2, 0.25) is 5.02 Å². The maximum absolute atomic E-state index is 10.5. The van der Waals surface area contributed by atoms with Crippen molar-refractivity contribution >= 4 is 11.6 Å². The van der Waals surface area contributed by atoms with Crippen molar-refractivity contribution in [3.8, 4) is 11.8 Å². The molecule has 1 aliphatic rings. The standard InChI is InChI=1S/C19H22ClN3O/c1-22-13-9-21-19(22)18(24)16-7-11-23(12-8-16)10-3-5-15-4-2-6-17(20)14-15/h2,4,6,9,13-14,16,18,24H,7-8,10-12H2,1H3. The van der Waals surface area contributed by atoms with Crippen LogP contribution in [-0.4, -0.2) is 39.2 Å². The van der Waals surface area contributed by atoms with Gasteiger partial charge < -0.3 is 9.67 Å². The minimum Gasteiger partial charge on any atom is -0.385 e. The van der Waals surface area contributed by atoms with Gasteiger partial charge in [-0.15, -0.1) is 0 Å². The Kier molecular flexibility index (Phi) is 5.57. The van der Waals surface area contributed by atoms with Gasteiger partial charge in [0.1, 0.15) is 11.9 Å². The smallest absolute Gasteiger partial charge is 0.137 e. The van der Waals surface area contributed by atoms with Gasteiger partial charge in [0.2, 0.25) is 0 Å². The molecule has 1 aromatic heterocycles. The van der Waals surface area contributed by atoms with E-state index >= 15 is 0 Å². The van der Waals surface area contributed by atoms with Gasteiger partial charge in [-0.05, 0) is 50.0 Å². The highest BCUT2D eigenvalue weighted by Crippen LogP contribution is 2.29. The quantitative estimate of drug-likeness (QED) is 0.871. The molecule has 2 heterocycles. The van der Waals surface area contributed by atoms with E-state index in [9.17, 15) is 5.11 Å². The van der Waals surface area contributed by atoms with Gasteiger partial charge in [0.15, 0.2) is 0 Å². The molecule has 126 valence electrons. The van der Waals surface area contributed by atoms with Crippen molar-refractivity contribution in [1.82, 2.24) is 14.5 Å². The summed E-state index contributed by atoms with van der Waals surface area (Å²) in [6.45, 7) is 2.66. The number of likely N-dealkylation sites (tertiary alicyclic amines) is 1. The van der Waals surface area contributed by atoms with Crippen LogP contribution in [0.5, 0.6) is 0 Å². The lowest BCUT2D eigenvalue weighted by molar-refractivity contribution is 0.0545. The largest absolute Gasteiger partial charge is 0.385 e. The number of halogens is 1. The number of piperidine rings is 1. The van der Waals surface area contributed by atoms with Crippen LogP contribution in [-0.2, 0) is 7.05 Å². The highest BCUT2D eigenvalue weighted by Gasteiger charge is 2.27. The Balaban J connectivity index is 1.50. The summed E-state index contributed by atoms with van der Waals surface area (Å²) in [5, 5.41) is 11.2. The number of nitrogens with zero attached hydrogens (tertiary/aromatic N) is 3. The number of aryl methyl sites for hydroxylation is 1. The summed E-state index contributed by atoms with van der Waals surface area (Å²) in [4.78, 5) is 6.60. The van der Waals surface area contributed by atoms with Crippen LogP contribution in [0.3, 0.4) is 0 Å². The number of aliphatic hydroxyl groups excluding tert-OH is 1. The van der Waals surface area contributed by atoms with Gasteiger partial charge in [-0.3, -0.25) is 4.90 Å². The highest BCUT2D eigenvalue weighted by molar-refractivity contribution is 6.30. The summed E-state index contributed by atoms with van der Waals surface area (Å²) in [5.74, 6) is 7.40. The van der Waals surface area contributed by atoms with E-state index in [0.29, 0.717) is 5.02 Å². The molecule has 1 fully saturated rings. The number of aliphatic hydroxyl groups is 1. The van der Waals surface area contributed by atoms with Crippen molar-refractivity contribution in [2.24, 2.45) is 13.0 Å². The summed E-state index contributed by atoms with van der Waals surface area (Å²) < 4.78 is 1.90. The molecular formula is C19H22ClN3O. The first kappa shape index (κ1) is 17.0. The average molecular weight is 344 g/mol. The maximum Gasteiger partial charge on any atom is 0.137 e. The lowest BCUT2D eigenvalue weighted by Crippen LogP contribution is -2.36. The first-order valence-electron chi connectivity index (χ1n) is 8.25. The molecule has 2 aromatic rings. The number of aromatic nitrogens is 2. The van der Waals surface area contributed by atoms with E-state index in [0.717, 1.165) is 43.9 Å². The molecule has 24 heavy (non-hydrogen) atoms. The van der Waals surface area contributed by atoms with Gasteiger partial charge in [0.25, 0.3) is 0 Å². The number of imidazole rings is 1. The van der Waals surface area contributed by atoms with Crippen molar-refractivity contribution in [1.29, 1.82) is 0 Å². The first-order chi connectivity index (χ1) is 11.6. The van der Waals surface area contributed by atoms with Crippen LogP contribution in [0.1, 0.15) is 30.3 Å². The Bertz CT molecular complexity index is 738. The molecule has 1 atom stereocenters. The minimum atomic E-state index is -0.482. The molecule has 0 radical (unpaired) electrons. The first-order valence-corrected chi connectivity index (χ1v) is 8.63. The summed E-state index contributed by atoms with van der Waals surface area (Å²) in [6, 6.07) is 7.61. The Labute approximate surface area is 148 Å². The van der Waals surface area contributed by atoms with E-state index in [1.807, 2.05) is 42.1 Å². The van der Waals surface area contributed by atoms with Crippen molar-refractivity contribution in [2.45, 2.75) is 18.9 Å². The van der Waals surface area contributed by atoms with E-state index in [4.69, 9.17) is 11.6 Å². The molecule has 3 rings (SSSR count). The predicted molar refractivity (Wildman–Crippen MR) is 95.7 cm³/mol. The van der Waals surface area contributed by atoms with Crippen LogP contribution in [0.15, 0.2) is 36.7 Å². The fourth-order valence-corrected chi connectivity index (χ4v) is 3.31. The third-order valence-corrected chi connectivity index (χ3v) is 4.80. The third kappa shape index (κ3) is 4.18. The molecule has 0 spiro atoms. The fourth-order valence-electron chi connectivity index (χ4n) is 3.12. The third-order valence-electron chi connectivity index (χ3n) is 4.56. The zero-order valence-corrected chi connectivity index (χ0v) is 14.6. The fraction of sp³-hybridized carbons (Fsp3) is 0.421. The molecule has 0 amide bonds. The molecule has 0 bridgehead atoms. The van der Waals surface area contributed by atoms with Crippen molar-refractivity contribution in [3.05, 3.63) is 53.1 Å². The summed E-state index contributed by atoms with van der Waals surface area (Å²) in [5.41, 5.74) is 0.947. The highest BCUT2D eigenvalue weighted by atomic mass is 35.5. The summed E-state index contributed by atoms with van der Waals surface area (Å²) >= 11 is 5.96. The van der Waals surface area contributed by atoms with E-state index in [2.05, 4.69) is 21.7 Å². The van der Waals surface area contributed by atoms with Crippen LogP contribution in [0, 0.1) is 17.8 Å².